The van der Waals surface area contributed by atoms with Gasteiger partial charge in [0.05, 0.1) is 12.2 Å². The molecule has 0 bridgehead atoms. The third-order valence-electron chi connectivity index (χ3n) is 4.95. The summed E-state index contributed by atoms with van der Waals surface area (Å²) in [6, 6.07) is 7.80. The number of benzene rings is 1. The molecular formula is C22H30N2O4. The Kier molecular flexibility index (Phi) is 7.79. The van der Waals surface area contributed by atoms with E-state index in [0.29, 0.717) is 17.8 Å². The average molecular weight is 386 g/mol. The number of amides is 2. The molecule has 1 aliphatic rings. The van der Waals surface area contributed by atoms with Gasteiger partial charge in [-0.3, -0.25) is 9.59 Å². The lowest BCUT2D eigenvalue weighted by Gasteiger charge is -2.34. The van der Waals surface area contributed by atoms with Gasteiger partial charge in [-0.1, -0.05) is 43.2 Å². The van der Waals surface area contributed by atoms with E-state index >= 15 is 0 Å². The highest BCUT2D eigenvalue weighted by molar-refractivity contribution is 5.97. The topological polar surface area (TPSA) is 75.7 Å². The molecule has 1 aliphatic heterocycles. The van der Waals surface area contributed by atoms with Crippen LogP contribution in [0.2, 0.25) is 0 Å². The summed E-state index contributed by atoms with van der Waals surface area (Å²) in [5.74, 6) is -1.19. The molecule has 28 heavy (non-hydrogen) atoms. The third kappa shape index (κ3) is 5.21. The molecule has 1 heterocycles. The summed E-state index contributed by atoms with van der Waals surface area (Å²) in [5, 5.41) is 2.82. The van der Waals surface area contributed by atoms with Gasteiger partial charge in [0.1, 0.15) is 6.54 Å². The van der Waals surface area contributed by atoms with Gasteiger partial charge < -0.3 is 15.0 Å². The number of esters is 1. The van der Waals surface area contributed by atoms with Crippen LogP contribution in [-0.4, -0.2) is 42.4 Å². The molecule has 0 spiro atoms. The van der Waals surface area contributed by atoms with Gasteiger partial charge >= 0.3 is 5.97 Å². The fourth-order valence-corrected chi connectivity index (χ4v) is 3.36. The van der Waals surface area contributed by atoms with Gasteiger partial charge in [0.15, 0.2) is 0 Å². The van der Waals surface area contributed by atoms with E-state index in [9.17, 15) is 14.4 Å². The highest BCUT2D eigenvalue weighted by atomic mass is 16.5. The van der Waals surface area contributed by atoms with E-state index in [1.807, 2.05) is 38.1 Å². The van der Waals surface area contributed by atoms with Gasteiger partial charge in [-0.25, -0.2) is 4.79 Å². The van der Waals surface area contributed by atoms with Crippen LogP contribution in [0.15, 0.2) is 35.5 Å². The van der Waals surface area contributed by atoms with Crippen LogP contribution in [0.1, 0.15) is 57.1 Å². The number of unbranched alkanes of at least 4 members (excludes halogenated alkanes) is 1. The van der Waals surface area contributed by atoms with Gasteiger partial charge in [-0.05, 0) is 32.8 Å². The van der Waals surface area contributed by atoms with E-state index in [2.05, 4.69) is 5.32 Å². The molecule has 0 aromatic heterocycles. The van der Waals surface area contributed by atoms with Crippen LogP contribution >= 0.6 is 0 Å². The molecule has 1 aromatic rings. The molecule has 0 fully saturated rings. The molecule has 0 saturated carbocycles. The van der Waals surface area contributed by atoms with Crippen molar-refractivity contribution in [2.75, 3.05) is 19.7 Å². The fourth-order valence-electron chi connectivity index (χ4n) is 3.36. The van der Waals surface area contributed by atoms with Gasteiger partial charge in [-0.15, -0.1) is 0 Å². The average Bonchev–Trinajstić information content (AvgIpc) is 2.65. The van der Waals surface area contributed by atoms with E-state index < -0.39 is 5.97 Å². The minimum atomic E-state index is -0.436. The van der Waals surface area contributed by atoms with Crippen LogP contribution < -0.4 is 5.32 Å². The largest absolute Gasteiger partial charge is 0.463 e. The standard InChI is InChI=1S/C22H30N2O4/c1-5-7-12-23-19(25)14-24-16(4)21(22(27)28-6-2)18(13-20(24)26)17-10-8-15(3)9-11-17/h8-11,18H,5-7,12-14H2,1-4H3,(H,23,25). The van der Waals surface area contributed by atoms with E-state index in [4.69, 9.17) is 4.74 Å². The summed E-state index contributed by atoms with van der Waals surface area (Å²) in [4.78, 5) is 39.1. The maximum atomic E-state index is 12.8. The molecule has 0 aliphatic carbocycles. The van der Waals surface area contributed by atoms with Crippen LogP contribution in [0.4, 0.5) is 0 Å². The van der Waals surface area contributed by atoms with Crippen molar-refractivity contribution < 1.29 is 19.1 Å². The number of rotatable bonds is 8. The lowest BCUT2D eigenvalue weighted by atomic mass is 9.83. The normalized spacial score (nSPS) is 16.9. The zero-order valence-electron chi connectivity index (χ0n) is 17.2. The Morgan fingerprint density at radius 2 is 1.86 bits per heavy atom. The molecule has 1 aromatic carbocycles. The highest BCUT2D eigenvalue weighted by Gasteiger charge is 2.37. The van der Waals surface area contributed by atoms with E-state index in [1.54, 1.807) is 13.8 Å². The minimum Gasteiger partial charge on any atom is -0.463 e. The van der Waals surface area contributed by atoms with E-state index in [1.165, 1.54) is 4.90 Å². The minimum absolute atomic E-state index is 0.0854. The Morgan fingerprint density at radius 3 is 2.46 bits per heavy atom. The molecule has 1 atom stereocenters. The van der Waals surface area contributed by atoms with Crippen LogP contribution in [0.5, 0.6) is 0 Å². The summed E-state index contributed by atoms with van der Waals surface area (Å²) in [6.07, 6.45) is 2.00. The third-order valence-corrected chi connectivity index (χ3v) is 4.95. The number of nitrogens with zero attached hydrogens (tertiary/aromatic N) is 1. The summed E-state index contributed by atoms with van der Waals surface area (Å²) in [6.45, 7) is 8.24. The predicted molar refractivity (Wildman–Crippen MR) is 108 cm³/mol. The Bertz CT molecular complexity index is 752. The molecule has 6 heteroatoms. The molecule has 2 amide bonds. The number of nitrogens with one attached hydrogen (secondary N) is 1. The zero-order chi connectivity index (χ0) is 20.7. The Morgan fingerprint density at radius 1 is 1.18 bits per heavy atom. The van der Waals surface area contributed by atoms with Crippen molar-refractivity contribution in [1.82, 2.24) is 10.2 Å². The number of hydrogen-bond donors (Lipinski definition) is 1. The van der Waals surface area contributed by atoms with Crippen LogP contribution in [0, 0.1) is 6.92 Å². The SMILES string of the molecule is CCCCNC(=O)CN1C(=O)CC(c2ccc(C)cc2)C(C(=O)OCC)=C1C. The summed E-state index contributed by atoms with van der Waals surface area (Å²) in [5.41, 5.74) is 2.95. The first kappa shape index (κ1) is 21.7. The first-order chi connectivity index (χ1) is 13.4. The number of aryl methyl sites for hydroxylation is 1. The first-order valence-electron chi connectivity index (χ1n) is 9.90. The van der Waals surface area contributed by atoms with E-state index in [-0.39, 0.29) is 37.3 Å². The summed E-state index contributed by atoms with van der Waals surface area (Å²) < 4.78 is 5.26. The second-order valence-electron chi connectivity index (χ2n) is 7.07. The Hall–Kier alpha value is -2.63. The second kappa shape index (κ2) is 10.1. The van der Waals surface area contributed by atoms with Crippen molar-refractivity contribution in [2.24, 2.45) is 0 Å². The molecule has 2 rings (SSSR count). The number of hydrogen-bond acceptors (Lipinski definition) is 4. The van der Waals surface area contributed by atoms with Crippen molar-refractivity contribution in [1.29, 1.82) is 0 Å². The highest BCUT2D eigenvalue weighted by Crippen LogP contribution is 2.37. The number of ether oxygens (including phenoxy) is 1. The molecule has 6 nitrogen and oxygen atoms in total. The predicted octanol–water partition coefficient (Wildman–Crippen LogP) is 3.06. The van der Waals surface area contributed by atoms with Crippen LogP contribution in [0.3, 0.4) is 0 Å². The molecular weight excluding hydrogens is 356 g/mol. The van der Waals surface area contributed by atoms with Gasteiger partial charge in [0.2, 0.25) is 11.8 Å². The lowest BCUT2D eigenvalue weighted by molar-refractivity contribution is -0.141. The molecule has 1 N–H and O–H groups in total. The van der Waals surface area contributed by atoms with Crippen molar-refractivity contribution >= 4 is 17.8 Å². The zero-order valence-corrected chi connectivity index (χ0v) is 17.2. The Labute approximate surface area is 166 Å². The Balaban J connectivity index is 2.33. The number of carbonyl (C=O) groups excluding carboxylic acids is 3. The monoisotopic (exact) mass is 386 g/mol. The van der Waals surface area contributed by atoms with Crippen LogP contribution in [-0.2, 0) is 19.1 Å². The van der Waals surface area contributed by atoms with Crippen molar-refractivity contribution in [3.8, 4) is 0 Å². The molecule has 0 radical (unpaired) electrons. The van der Waals surface area contributed by atoms with Crippen molar-refractivity contribution in [3.63, 3.8) is 0 Å². The van der Waals surface area contributed by atoms with Gasteiger partial charge in [0, 0.05) is 24.6 Å². The lowest BCUT2D eigenvalue weighted by Crippen LogP contribution is -2.44. The van der Waals surface area contributed by atoms with Crippen molar-refractivity contribution in [3.05, 3.63) is 46.7 Å². The van der Waals surface area contributed by atoms with Gasteiger partial charge in [0.25, 0.3) is 0 Å². The van der Waals surface area contributed by atoms with Gasteiger partial charge in [-0.2, -0.15) is 0 Å². The van der Waals surface area contributed by atoms with E-state index in [0.717, 1.165) is 24.0 Å². The molecule has 152 valence electrons. The number of allylic oxidation sites excluding steroid dienone is 1. The smallest absolute Gasteiger partial charge is 0.336 e. The fraction of sp³-hybridized carbons (Fsp3) is 0.500. The first-order valence-corrected chi connectivity index (χ1v) is 9.90. The second-order valence-corrected chi connectivity index (χ2v) is 7.07. The van der Waals surface area contributed by atoms with Crippen molar-refractivity contribution in [2.45, 2.75) is 52.9 Å². The van der Waals surface area contributed by atoms with Crippen LogP contribution in [0.25, 0.3) is 0 Å². The summed E-state index contributed by atoms with van der Waals surface area (Å²) in [7, 11) is 0. The molecule has 0 saturated heterocycles. The maximum Gasteiger partial charge on any atom is 0.336 e. The summed E-state index contributed by atoms with van der Waals surface area (Å²) >= 11 is 0. The molecule has 1 unspecified atom stereocenters. The maximum absolute atomic E-state index is 12.8. The number of carbonyl (C=O) groups is 3. The quantitative estimate of drug-likeness (QED) is 0.550.